The van der Waals surface area contributed by atoms with Gasteiger partial charge >= 0.3 is 0 Å². The predicted molar refractivity (Wildman–Crippen MR) is 124 cm³/mol. The lowest BCUT2D eigenvalue weighted by molar-refractivity contribution is 0.233. The molecular formula is C23H24ClN7O. The number of nitrogens with zero attached hydrogens (tertiary/aromatic N) is 5. The number of rotatable bonds is 6. The van der Waals surface area contributed by atoms with Crippen molar-refractivity contribution in [1.29, 1.82) is 0 Å². The molecule has 0 saturated carbocycles. The molecule has 5 rings (SSSR count). The number of aromatic amines is 1. The van der Waals surface area contributed by atoms with Gasteiger partial charge in [-0.3, -0.25) is 9.88 Å². The van der Waals surface area contributed by atoms with Crippen LogP contribution in [-0.4, -0.2) is 63.1 Å². The molecule has 0 bridgehead atoms. The minimum Gasteiger partial charge on any atom is -0.491 e. The van der Waals surface area contributed by atoms with E-state index in [4.69, 9.17) is 21.3 Å². The fraction of sp³-hybridized carbons (Fsp3) is 0.304. The zero-order valence-corrected chi connectivity index (χ0v) is 18.6. The van der Waals surface area contributed by atoms with Gasteiger partial charge in [0.05, 0.1) is 18.1 Å². The molecule has 1 aromatic carbocycles. The van der Waals surface area contributed by atoms with Crippen LogP contribution in [-0.2, 0) is 13.0 Å². The van der Waals surface area contributed by atoms with Gasteiger partial charge in [0, 0.05) is 56.6 Å². The molecule has 0 radical (unpaired) electrons. The second-order valence-corrected chi connectivity index (χ2v) is 8.18. The fourth-order valence-electron chi connectivity index (χ4n) is 4.05. The van der Waals surface area contributed by atoms with E-state index in [-0.39, 0.29) is 5.15 Å². The van der Waals surface area contributed by atoms with Gasteiger partial charge in [-0.2, -0.15) is 0 Å². The molecule has 0 spiro atoms. The lowest BCUT2D eigenvalue weighted by atomic mass is 10.1. The smallest absolute Gasteiger partial charge is 0.182 e. The molecule has 1 saturated heterocycles. The van der Waals surface area contributed by atoms with Gasteiger partial charge in [-0.1, -0.05) is 17.7 Å². The van der Waals surface area contributed by atoms with Gasteiger partial charge in [0.15, 0.2) is 10.9 Å². The largest absolute Gasteiger partial charge is 0.491 e. The van der Waals surface area contributed by atoms with Crippen LogP contribution in [0.4, 0.5) is 0 Å². The van der Waals surface area contributed by atoms with Crippen LogP contribution in [0.1, 0.15) is 17.1 Å². The summed E-state index contributed by atoms with van der Waals surface area (Å²) in [6.07, 6.45) is 3.96. The third kappa shape index (κ3) is 4.43. The number of methoxy groups -OCH3 is 1. The number of ether oxygens (including phenoxy) is 1. The number of nitrogens with one attached hydrogen (secondary N) is 2. The number of halogens is 1. The Kier molecular flexibility index (Phi) is 5.98. The van der Waals surface area contributed by atoms with Crippen molar-refractivity contribution in [2.45, 2.75) is 13.0 Å². The summed E-state index contributed by atoms with van der Waals surface area (Å²) >= 11 is 6.16. The highest BCUT2D eigenvalue weighted by Gasteiger charge is 2.15. The first-order valence-electron chi connectivity index (χ1n) is 10.6. The first-order valence-corrected chi connectivity index (χ1v) is 11.0. The third-order valence-electron chi connectivity index (χ3n) is 5.61. The van der Waals surface area contributed by atoms with Crippen LogP contribution in [0.15, 0.2) is 42.9 Å². The van der Waals surface area contributed by atoms with Gasteiger partial charge < -0.3 is 15.0 Å². The molecule has 164 valence electrons. The molecule has 9 heteroatoms. The molecule has 1 aliphatic heterocycles. The van der Waals surface area contributed by atoms with Gasteiger partial charge in [0.2, 0.25) is 0 Å². The van der Waals surface area contributed by atoms with Crippen LogP contribution in [0.2, 0.25) is 5.15 Å². The molecule has 2 N–H and O–H groups in total. The Morgan fingerprint density at radius 2 is 1.97 bits per heavy atom. The normalized spacial score (nSPS) is 14.7. The van der Waals surface area contributed by atoms with Crippen molar-refractivity contribution in [1.82, 2.24) is 35.1 Å². The molecular weight excluding hydrogens is 426 g/mol. The highest BCUT2D eigenvalue weighted by Crippen LogP contribution is 2.33. The maximum Gasteiger partial charge on any atom is 0.182 e. The average molecular weight is 450 g/mol. The Labute approximate surface area is 191 Å². The van der Waals surface area contributed by atoms with E-state index >= 15 is 0 Å². The topological polar surface area (TPSA) is 91.8 Å². The summed E-state index contributed by atoms with van der Waals surface area (Å²) in [7, 11) is 1.56. The summed E-state index contributed by atoms with van der Waals surface area (Å²) in [6, 6.07) is 10.2. The standard InChI is InChI=1S/C23H24ClN7O/c1-32-22-21(27-14-28-23(22)24)16-2-3-18-19(11-16)30-20(29-18)12-17-10-15(4-5-26-17)13-31-8-6-25-7-9-31/h2-5,10-11,14,25H,6-9,12-13H2,1H3,(H,29,30). The van der Waals surface area contributed by atoms with Crippen molar-refractivity contribution in [3.05, 3.63) is 65.1 Å². The lowest BCUT2D eigenvalue weighted by Crippen LogP contribution is -2.42. The minimum atomic E-state index is 0.287. The van der Waals surface area contributed by atoms with E-state index in [9.17, 15) is 0 Å². The van der Waals surface area contributed by atoms with Crippen molar-refractivity contribution >= 4 is 22.6 Å². The highest BCUT2D eigenvalue weighted by molar-refractivity contribution is 6.31. The van der Waals surface area contributed by atoms with E-state index in [0.717, 1.165) is 60.8 Å². The lowest BCUT2D eigenvalue weighted by Gasteiger charge is -2.27. The third-order valence-corrected chi connectivity index (χ3v) is 5.88. The van der Waals surface area contributed by atoms with Crippen molar-refractivity contribution in [3.8, 4) is 17.0 Å². The molecule has 0 atom stereocenters. The fourth-order valence-corrected chi connectivity index (χ4v) is 4.26. The predicted octanol–water partition coefficient (Wildman–Crippen LogP) is 3.07. The van der Waals surface area contributed by atoms with Crippen molar-refractivity contribution in [3.63, 3.8) is 0 Å². The Morgan fingerprint density at radius 3 is 2.81 bits per heavy atom. The summed E-state index contributed by atoms with van der Waals surface area (Å²) in [5, 5.41) is 3.68. The highest BCUT2D eigenvalue weighted by atomic mass is 35.5. The zero-order chi connectivity index (χ0) is 21.9. The quantitative estimate of drug-likeness (QED) is 0.437. The van der Waals surface area contributed by atoms with Gasteiger partial charge in [-0.05, 0) is 29.8 Å². The molecule has 0 amide bonds. The number of hydrogen-bond donors (Lipinski definition) is 2. The number of H-pyrrole nitrogens is 1. The number of piperazine rings is 1. The summed E-state index contributed by atoms with van der Waals surface area (Å²) in [5.74, 6) is 1.33. The van der Waals surface area contributed by atoms with Crippen LogP contribution in [0.3, 0.4) is 0 Å². The van der Waals surface area contributed by atoms with E-state index < -0.39 is 0 Å². The SMILES string of the molecule is COc1c(Cl)ncnc1-c1ccc2nc(Cc3cc(CN4CCNCC4)ccn3)[nH]c2c1. The molecule has 0 aliphatic carbocycles. The van der Waals surface area contributed by atoms with E-state index in [1.807, 2.05) is 24.4 Å². The second kappa shape index (κ2) is 9.20. The first kappa shape index (κ1) is 20.8. The van der Waals surface area contributed by atoms with Crippen molar-refractivity contribution < 1.29 is 4.74 Å². The number of fused-ring (bicyclic) bond motifs is 1. The van der Waals surface area contributed by atoms with Crippen LogP contribution >= 0.6 is 11.6 Å². The van der Waals surface area contributed by atoms with Gasteiger partial charge in [0.25, 0.3) is 0 Å². The number of aromatic nitrogens is 5. The molecule has 1 fully saturated rings. The number of hydrogen-bond acceptors (Lipinski definition) is 7. The van der Waals surface area contributed by atoms with Crippen LogP contribution in [0.25, 0.3) is 22.3 Å². The second-order valence-electron chi connectivity index (χ2n) is 7.82. The Bertz CT molecular complexity index is 1240. The molecule has 3 aromatic heterocycles. The van der Waals surface area contributed by atoms with Gasteiger partial charge in [0.1, 0.15) is 17.8 Å². The van der Waals surface area contributed by atoms with Crippen LogP contribution in [0, 0.1) is 0 Å². The Morgan fingerprint density at radius 1 is 1.09 bits per heavy atom. The van der Waals surface area contributed by atoms with E-state index in [1.165, 1.54) is 11.9 Å². The molecule has 4 aromatic rings. The average Bonchev–Trinajstić information content (AvgIpc) is 3.21. The van der Waals surface area contributed by atoms with E-state index in [2.05, 4.69) is 42.3 Å². The summed E-state index contributed by atoms with van der Waals surface area (Å²) in [4.78, 5) is 23.5. The Balaban J connectivity index is 1.37. The van der Waals surface area contributed by atoms with Crippen LogP contribution in [0.5, 0.6) is 5.75 Å². The number of pyridine rings is 1. The van der Waals surface area contributed by atoms with Crippen molar-refractivity contribution in [2.75, 3.05) is 33.3 Å². The van der Waals surface area contributed by atoms with E-state index in [1.54, 1.807) is 7.11 Å². The number of benzene rings is 1. The molecule has 32 heavy (non-hydrogen) atoms. The minimum absolute atomic E-state index is 0.287. The monoisotopic (exact) mass is 449 g/mol. The van der Waals surface area contributed by atoms with E-state index in [0.29, 0.717) is 17.9 Å². The zero-order valence-electron chi connectivity index (χ0n) is 17.8. The maximum atomic E-state index is 6.16. The van der Waals surface area contributed by atoms with Crippen LogP contribution < -0.4 is 10.1 Å². The molecule has 0 unspecified atom stereocenters. The summed E-state index contributed by atoms with van der Waals surface area (Å²) in [5.41, 5.74) is 5.62. The van der Waals surface area contributed by atoms with Crippen molar-refractivity contribution in [2.24, 2.45) is 0 Å². The van der Waals surface area contributed by atoms with Gasteiger partial charge in [-0.15, -0.1) is 0 Å². The first-order chi connectivity index (χ1) is 15.7. The van der Waals surface area contributed by atoms with Gasteiger partial charge in [-0.25, -0.2) is 15.0 Å². The molecule has 4 heterocycles. The summed E-state index contributed by atoms with van der Waals surface area (Å²) in [6.45, 7) is 5.19. The Hall–Kier alpha value is -3.07. The summed E-state index contributed by atoms with van der Waals surface area (Å²) < 4.78 is 5.39. The maximum absolute atomic E-state index is 6.16. The molecule has 8 nitrogen and oxygen atoms in total. The number of imidazole rings is 1. The molecule has 1 aliphatic rings.